The summed E-state index contributed by atoms with van der Waals surface area (Å²) in [5.41, 5.74) is -2.85. The molecular formula is C8H3Cl2F6NO3S. The van der Waals surface area contributed by atoms with Crippen molar-refractivity contribution in [2.45, 2.75) is 23.3 Å². The second kappa shape index (κ2) is 5.69. The highest BCUT2D eigenvalue weighted by molar-refractivity contribution is 8.13. The number of hydrogen-bond donors (Lipinski definition) is 0. The number of halogens is 8. The number of ether oxygens (including phenoxy) is 1. The molecule has 1 rings (SSSR count). The molecule has 0 aromatic carbocycles. The molecule has 0 aliphatic carbocycles. The molecule has 0 saturated carbocycles. The molecule has 0 N–H and O–H groups in total. The molecule has 0 fully saturated rings. The fraction of sp³-hybridized carbons (Fsp3) is 0.375. The lowest BCUT2D eigenvalue weighted by Crippen LogP contribution is -2.22. The van der Waals surface area contributed by atoms with Gasteiger partial charge in [0.05, 0.1) is 11.6 Å². The van der Waals surface area contributed by atoms with Gasteiger partial charge >= 0.3 is 12.5 Å². The molecule has 21 heavy (non-hydrogen) atoms. The summed E-state index contributed by atoms with van der Waals surface area (Å²) < 4.78 is 99.6. The third kappa shape index (κ3) is 4.78. The monoisotopic (exact) mass is 377 g/mol. The van der Waals surface area contributed by atoms with E-state index in [0.29, 0.717) is 0 Å². The van der Waals surface area contributed by atoms with Crippen LogP contribution in [-0.2, 0) is 21.1 Å². The number of rotatable bonds is 3. The maximum Gasteiger partial charge on any atom is 0.574 e. The summed E-state index contributed by atoms with van der Waals surface area (Å²) in [5, 5.41) is 0. The van der Waals surface area contributed by atoms with E-state index < -0.39 is 49.5 Å². The average Bonchev–Trinajstić information content (AvgIpc) is 2.22. The lowest BCUT2D eigenvalue weighted by atomic mass is 10.2. The summed E-state index contributed by atoms with van der Waals surface area (Å²) in [6, 6.07) is -0.117. The zero-order valence-corrected chi connectivity index (χ0v) is 11.7. The van der Waals surface area contributed by atoms with Crippen LogP contribution in [0.3, 0.4) is 0 Å². The minimum atomic E-state index is -5.46. The van der Waals surface area contributed by atoms with Crippen LogP contribution in [0.2, 0.25) is 0 Å². The quantitative estimate of drug-likeness (QED) is 0.458. The largest absolute Gasteiger partial charge is 0.574 e. The molecule has 4 nitrogen and oxygen atoms in total. The SMILES string of the molecule is O=S(=O)(Cl)c1cc(C(F)(F)F)c(OC(F)(F)F)nc1CCl. The third-order valence-electron chi connectivity index (χ3n) is 1.93. The Labute approximate surface area is 123 Å². The van der Waals surface area contributed by atoms with Crippen molar-refractivity contribution in [3.05, 3.63) is 17.3 Å². The van der Waals surface area contributed by atoms with E-state index in [1.165, 1.54) is 0 Å². The van der Waals surface area contributed by atoms with Gasteiger partial charge in [-0.05, 0) is 6.07 Å². The Bertz CT molecular complexity index is 643. The molecule has 0 saturated heterocycles. The van der Waals surface area contributed by atoms with Crippen LogP contribution in [0, 0.1) is 0 Å². The van der Waals surface area contributed by atoms with E-state index in [0.717, 1.165) is 0 Å². The first-order chi connectivity index (χ1) is 9.25. The van der Waals surface area contributed by atoms with Gasteiger partial charge in [0.15, 0.2) is 0 Å². The molecule has 120 valence electrons. The summed E-state index contributed by atoms with van der Waals surface area (Å²) in [7, 11) is 0.193. The Kier molecular flexibility index (Phi) is 4.91. The summed E-state index contributed by atoms with van der Waals surface area (Å²) >= 11 is 5.24. The van der Waals surface area contributed by atoms with Crippen molar-refractivity contribution in [1.29, 1.82) is 0 Å². The van der Waals surface area contributed by atoms with Crippen molar-refractivity contribution in [2.75, 3.05) is 0 Å². The zero-order chi connectivity index (χ0) is 16.6. The van der Waals surface area contributed by atoms with Gasteiger partial charge in [-0.15, -0.1) is 24.8 Å². The van der Waals surface area contributed by atoms with Gasteiger partial charge in [-0.1, -0.05) is 0 Å². The van der Waals surface area contributed by atoms with Crippen LogP contribution in [0.4, 0.5) is 26.3 Å². The van der Waals surface area contributed by atoms with Crippen LogP contribution in [0.15, 0.2) is 11.0 Å². The summed E-state index contributed by atoms with van der Waals surface area (Å²) in [5.74, 6) is -2.66. The Hall–Kier alpha value is -0.940. The Morgan fingerprint density at radius 3 is 2.05 bits per heavy atom. The first-order valence-electron chi connectivity index (χ1n) is 4.63. The number of alkyl halides is 7. The molecule has 0 amide bonds. The Balaban J connectivity index is 3.65. The second-order valence-electron chi connectivity index (χ2n) is 3.40. The lowest BCUT2D eigenvalue weighted by molar-refractivity contribution is -0.278. The molecule has 0 bridgehead atoms. The lowest BCUT2D eigenvalue weighted by Gasteiger charge is -2.16. The average molecular weight is 378 g/mol. The van der Waals surface area contributed by atoms with Crippen LogP contribution >= 0.6 is 22.3 Å². The summed E-state index contributed by atoms with van der Waals surface area (Å²) in [6.07, 6.45) is -10.8. The first-order valence-corrected chi connectivity index (χ1v) is 7.47. The highest BCUT2D eigenvalue weighted by Crippen LogP contribution is 2.39. The molecule has 0 aliphatic rings. The van der Waals surface area contributed by atoms with E-state index in [9.17, 15) is 34.8 Å². The van der Waals surface area contributed by atoms with Crippen molar-refractivity contribution in [3.8, 4) is 5.88 Å². The molecule has 1 aromatic rings. The predicted octanol–water partition coefficient (Wildman–Crippen LogP) is 3.67. The van der Waals surface area contributed by atoms with Crippen molar-refractivity contribution >= 4 is 31.3 Å². The molecular weight excluding hydrogens is 375 g/mol. The topological polar surface area (TPSA) is 56.3 Å². The van der Waals surface area contributed by atoms with Gasteiger partial charge in [0, 0.05) is 10.7 Å². The molecule has 0 radical (unpaired) electrons. The van der Waals surface area contributed by atoms with E-state index in [1.807, 2.05) is 0 Å². The second-order valence-corrected chi connectivity index (χ2v) is 6.20. The van der Waals surface area contributed by atoms with E-state index in [2.05, 4.69) is 9.72 Å². The Morgan fingerprint density at radius 1 is 1.19 bits per heavy atom. The number of pyridine rings is 1. The molecule has 0 atom stereocenters. The van der Waals surface area contributed by atoms with Gasteiger partial charge in [-0.25, -0.2) is 13.4 Å². The van der Waals surface area contributed by atoms with E-state index in [-0.39, 0.29) is 6.07 Å². The van der Waals surface area contributed by atoms with Gasteiger partial charge in [0.2, 0.25) is 5.88 Å². The standard InChI is InChI=1S/C8H3Cl2F6NO3S/c9-2-4-5(21(10,18)19)1-3(7(11,12)13)6(17-4)20-8(14,15)16/h1H,2H2. The maximum atomic E-state index is 12.7. The Morgan fingerprint density at radius 2 is 1.71 bits per heavy atom. The van der Waals surface area contributed by atoms with Crippen LogP contribution in [-0.4, -0.2) is 19.8 Å². The van der Waals surface area contributed by atoms with Crippen LogP contribution in [0.1, 0.15) is 11.3 Å². The molecule has 13 heteroatoms. The highest BCUT2D eigenvalue weighted by Gasteiger charge is 2.42. The number of aromatic nitrogens is 1. The first kappa shape index (κ1) is 18.1. The van der Waals surface area contributed by atoms with Gasteiger partial charge in [-0.3, -0.25) is 0 Å². The van der Waals surface area contributed by atoms with Gasteiger partial charge in [0.1, 0.15) is 10.5 Å². The summed E-state index contributed by atoms with van der Waals surface area (Å²) in [6.45, 7) is 0. The smallest absolute Gasteiger partial charge is 0.387 e. The van der Waals surface area contributed by atoms with Crippen molar-refractivity contribution < 1.29 is 39.5 Å². The predicted molar refractivity (Wildman–Crippen MR) is 58.5 cm³/mol. The van der Waals surface area contributed by atoms with E-state index in [1.54, 1.807) is 0 Å². The molecule has 1 heterocycles. The van der Waals surface area contributed by atoms with E-state index >= 15 is 0 Å². The minimum absolute atomic E-state index is 0.117. The maximum absolute atomic E-state index is 12.7. The fourth-order valence-electron chi connectivity index (χ4n) is 1.21. The normalized spacial score (nSPS) is 13.3. The van der Waals surface area contributed by atoms with Gasteiger partial charge in [0.25, 0.3) is 9.05 Å². The van der Waals surface area contributed by atoms with Crippen LogP contribution in [0.5, 0.6) is 5.88 Å². The minimum Gasteiger partial charge on any atom is -0.387 e. The number of nitrogens with zero attached hydrogens (tertiary/aromatic N) is 1. The zero-order valence-electron chi connectivity index (χ0n) is 9.39. The highest BCUT2D eigenvalue weighted by atomic mass is 35.7. The van der Waals surface area contributed by atoms with Gasteiger partial charge < -0.3 is 4.74 Å². The van der Waals surface area contributed by atoms with Crippen molar-refractivity contribution in [3.63, 3.8) is 0 Å². The number of hydrogen-bond acceptors (Lipinski definition) is 4. The van der Waals surface area contributed by atoms with Crippen LogP contribution < -0.4 is 4.74 Å². The van der Waals surface area contributed by atoms with E-state index in [4.69, 9.17) is 22.3 Å². The van der Waals surface area contributed by atoms with Crippen molar-refractivity contribution in [1.82, 2.24) is 4.98 Å². The third-order valence-corrected chi connectivity index (χ3v) is 3.56. The molecule has 0 spiro atoms. The van der Waals surface area contributed by atoms with Crippen LogP contribution in [0.25, 0.3) is 0 Å². The van der Waals surface area contributed by atoms with Gasteiger partial charge in [-0.2, -0.15) is 13.2 Å². The fourth-order valence-corrected chi connectivity index (χ4v) is 2.55. The summed E-state index contributed by atoms with van der Waals surface area (Å²) in [4.78, 5) is 1.70. The molecule has 0 aliphatic heterocycles. The molecule has 1 aromatic heterocycles. The molecule has 0 unspecified atom stereocenters. The van der Waals surface area contributed by atoms with Crippen molar-refractivity contribution in [2.24, 2.45) is 0 Å².